The first-order valence-corrected chi connectivity index (χ1v) is 9.31. The fourth-order valence-electron chi connectivity index (χ4n) is 3.30. The highest BCUT2D eigenvalue weighted by Gasteiger charge is 2.28. The monoisotopic (exact) mass is 365 g/mol. The summed E-state index contributed by atoms with van der Waals surface area (Å²) in [7, 11) is 0. The second kappa shape index (κ2) is 9.20. The van der Waals surface area contributed by atoms with Crippen molar-refractivity contribution in [2.45, 2.75) is 45.7 Å². The Morgan fingerprint density at radius 3 is 2.40 bits per heavy atom. The van der Waals surface area contributed by atoms with Crippen LogP contribution in [-0.2, 0) is 9.59 Å². The molecule has 0 saturated carbocycles. The molecule has 25 heavy (non-hydrogen) atoms. The van der Waals surface area contributed by atoms with Crippen LogP contribution in [-0.4, -0.2) is 42.4 Å². The van der Waals surface area contributed by atoms with E-state index < -0.39 is 6.04 Å². The molecule has 2 rings (SSSR count). The molecule has 0 radical (unpaired) electrons. The number of benzene rings is 1. The van der Waals surface area contributed by atoms with Crippen molar-refractivity contribution in [3.05, 3.63) is 34.9 Å². The van der Waals surface area contributed by atoms with Gasteiger partial charge in [0.25, 0.3) is 0 Å². The highest BCUT2D eigenvalue weighted by molar-refractivity contribution is 6.31. The lowest BCUT2D eigenvalue weighted by atomic mass is 10.0. The molecule has 2 amide bonds. The fourth-order valence-corrected chi connectivity index (χ4v) is 3.56. The van der Waals surface area contributed by atoms with Crippen LogP contribution in [0.5, 0.6) is 0 Å². The molecule has 0 aromatic heterocycles. The van der Waals surface area contributed by atoms with Gasteiger partial charge in [-0.3, -0.25) is 14.5 Å². The Morgan fingerprint density at radius 1 is 1.20 bits per heavy atom. The molecule has 6 heteroatoms. The number of carbonyl (C=O) groups excluding carboxylic acids is 2. The SMILES string of the molecule is CC(=O)N[C@@H](C(=O)NC[C@@H](c1ccccc1Cl)N1CCCC1)C(C)C. The van der Waals surface area contributed by atoms with Crippen molar-refractivity contribution >= 4 is 23.4 Å². The lowest BCUT2D eigenvalue weighted by molar-refractivity contribution is -0.129. The van der Waals surface area contributed by atoms with Gasteiger partial charge in [-0.05, 0) is 43.5 Å². The molecule has 5 nitrogen and oxygen atoms in total. The molecule has 1 heterocycles. The van der Waals surface area contributed by atoms with Crippen LogP contribution in [0.25, 0.3) is 0 Å². The third-order valence-corrected chi connectivity index (χ3v) is 4.97. The molecule has 0 bridgehead atoms. The summed E-state index contributed by atoms with van der Waals surface area (Å²) in [5.41, 5.74) is 1.03. The van der Waals surface area contributed by atoms with Gasteiger partial charge in [0, 0.05) is 18.5 Å². The summed E-state index contributed by atoms with van der Waals surface area (Å²) < 4.78 is 0. The van der Waals surface area contributed by atoms with E-state index in [0.29, 0.717) is 6.54 Å². The predicted molar refractivity (Wildman–Crippen MR) is 100 cm³/mol. The normalized spacial score (nSPS) is 17.3. The van der Waals surface area contributed by atoms with E-state index in [1.807, 2.05) is 38.1 Å². The van der Waals surface area contributed by atoms with Gasteiger partial charge in [-0.2, -0.15) is 0 Å². The first-order valence-electron chi connectivity index (χ1n) is 8.93. The van der Waals surface area contributed by atoms with Gasteiger partial charge >= 0.3 is 0 Å². The molecule has 0 spiro atoms. The Labute approximate surface area is 155 Å². The number of rotatable bonds is 7. The minimum Gasteiger partial charge on any atom is -0.352 e. The zero-order chi connectivity index (χ0) is 18.4. The van der Waals surface area contributed by atoms with Gasteiger partial charge in [-0.25, -0.2) is 0 Å². The summed E-state index contributed by atoms with van der Waals surface area (Å²) in [5.74, 6) is -0.327. The minimum atomic E-state index is -0.525. The van der Waals surface area contributed by atoms with Crippen molar-refractivity contribution in [1.29, 1.82) is 0 Å². The van der Waals surface area contributed by atoms with Crippen molar-refractivity contribution in [2.75, 3.05) is 19.6 Å². The van der Waals surface area contributed by atoms with E-state index in [1.165, 1.54) is 6.92 Å². The minimum absolute atomic E-state index is 0.0226. The smallest absolute Gasteiger partial charge is 0.242 e. The number of nitrogens with one attached hydrogen (secondary N) is 2. The van der Waals surface area contributed by atoms with Crippen molar-refractivity contribution in [3.8, 4) is 0 Å². The molecule has 0 unspecified atom stereocenters. The number of amides is 2. The Balaban J connectivity index is 2.10. The van der Waals surface area contributed by atoms with Crippen LogP contribution >= 0.6 is 11.6 Å². The van der Waals surface area contributed by atoms with Crippen LogP contribution in [0.3, 0.4) is 0 Å². The van der Waals surface area contributed by atoms with Crippen LogP contribution in [0, 0.1) is 5.92 Å². The summed E-state index contributed by atoms with van der Waals surface area (Å²) in [6, 6.07) is 7.31. The number of carbonyl (C=O) groups is 2. The summed E-state index contributed by atoms with van der Waals surface area (Å²) in [6.07, 6.45) is 2.32. The fraction of sp³-hybridized carbons (Fsp3) is 0.579. The lowest BCUT2D eigenvalue weighted by Gasteiger charge is -2.30. The van der Waals surface area contributed by atoms with Crippen molar-refractivity contribution in [1.82, 2.24) is 15.5 Å². The Kier molecular flexibility index (Phi) is 7.26. The number of nitrogens with zero attached hydrogens (tertiary/aromatic N) is 1. The maximum absolute atomic E-state index is 12.6. The highest BCUT2D eigenvalue weighted by Crippen LogP contribution is 2.29. The molecule has 2 N–H and O–H groups in total. The highest BCUT2D eigenvalue weighted by atomic mass is 35.5. The van der Waals surface area contributed by atoms with Crippen molar-refractivity contribution in [2.24, 2.45) is 5.92 Å². The molecule has 2 atom stereocenters. The van der Waals surface area contributed by atoms with E-state index in [9.17, 15) is 9.59 Å². The van der Waals surface area contributed by atoms with E-state index in [4.69, 9.17) is 11.6 Å². The Bertz CT molecular complexity index is 600. The third-order valence-electron chi connectivity index (χ3n) is 4.62. The van der Waals surface area contributed by atoms with Crippen LogP contribution in [0.15, 0.2) is 24.3 Å². The van der Waals surface area contributed by atoms with E-state index >= 15 is 0 Å². The Morgan fingerprint density at radius 2 is 1.84 bits per heavy atom. The summed E-state index contributed by atoms with van der Waals surface area (Å²) in [5, 5.41) is 6.47. The largest absolute Gasteiger partial charge is 0.352 e. The molecule has 138 valence electrons. The van der Waals surface area contributed by atoms with E-state index in [0.717, 1.165) is 36.5 Å². The second-order valence-corrected chi connectivity index (χ2v) is 7.35. The van der Waals surface area contributed by atoms with Gasteiger partial charge < -0.3 is 10.6 Å². The maximum atomic E-state index is 12.6. The van der Waals surface area contributed by atoms with Gasteiger partial charge in [0.05, 0.1) is 6.04 Å². The molecule has 1 saturated heterocycles. The molecule has 1 aromatic carbocycles. The zero-order valence-corrected chi connectivity index (χ0v) is 16.0. The van der Waals surface area contributed by atoms with Crippen LogP contribution < -0.4 is 10.6 Å². The average Bonchev–Trinajstić information content (AvgIpc) is 3.08. The molecular formula is C19H28ClN3O2. The number of hydrogen-bond donors (Lipinski definition) is 2. The Hall–Kier alpha value is -1.59. The van der Waals surface area contributed by atoms with E-state index in [1.54, 1.807) is 0 Å². The molecule has 1 aliphatic rings. The number of hydrogen-bond acceptors (Lipinski definition) is 3. The summed E-state index contributed by atoms with van der Waals surface area (Å²) >= 11 is 6.40. The summed E-state index contributed by atoms with van der Waals surface area (Å²) in [4.78, 5) is 26.3. The average molecular weight is 366 g/mol. The first-order chi connectivity index (χ1) is 11.9. The van der Waals surface area contributed by atoms with Gasteiger partial charge in [-0.15, -0.1) is 0 Å². The molecule has 1 aliphatic heterocycles. The summed E-state index contributed by atoms with van der Waals surface area (Å²) in [6.45, 7) is 7.76. The van der Waals surface area contributed by atoms with Crippen LogP contribution in [0.1, 0.15) is 45.2 Å². The van der Waals surface area contributed by atoms with Gasteiger partial charge in [-0.1, -0.05) is 43.6 Å². The lowest BCUT2D eigenvalue weighted by Crippen LogP contribution is -2.50. The number of halogens is 1. The van der Waals surface area contributed by atoms with Crippen LogP contribution in [0.4, 0.5) is 0 Å². The molecule has 1 aromatic rings. The third kappa shape index (κ3) is 5.44. The van der Waals surface area contributed by atoms with Crippen molar-refractivity contribution < 1.29 is 9.59 Å². The van der Waals surface area contributed by atoms with E-state index in [2.05, 4.69) is 15.5 Å². The van der Waals surface area contributed by atoms with E-state index in [-0.39, 0.29) is 23.8 Å². The van der Waals surface area contributed by atoms with Gasteiger partial charge in [0.1, 0.15) is 6.04 Å². The first kappa shape index (κ1) is 19.7. The molecule has 0 aliphatic carbocycles. The molecular weight excluding hydrogens is 338 g/mol. The maximum Gasteiger partial charge on any atom is 0.242 e. The van der Waals surface area contributed by atoms with Crippen molar-refractivity contribution in [3.63, 3.8) is 0 Å². The molecule has 1 fully saturated rings. The predicted octanol–water partition coefficient (Wildman–Crippen LogP) is 2.75. The standard InChI is InChI=1S/C19H28ClN3O2/c1-13(2)18(22-14(3)24)19(25)21-12-17(23-10-6-7-11-23)15-8-4-5-9-16(15)20/h4-5,8-9,13,17-18H,6-7,10-12H2,1-3H3,(H,21,25)(H,22,24)/t17-,18+/m0/s1. The quantitative estimate of drug-likeness (QED) is 0.781. The number of likely N-dealkylation sites (tertiary alicyclic amines) is 1. The topological polar surface area (TPSA) is 61.4 Å². The van der Waals surface area contributed by atoms with Crippen LogP contribution in [0.2, 0.25) is 5.02 Å². The second-order valence-electron chi connectivity index (χ2n) is 6.95. The zero-order valence-electron chi connectivity index (χ0n) is 15.2. The van der Waals surface area contributed by atoms with Gasteiger partial charge in [0.15, 0.2) is 0 Å². The van der Waals surface area contributed by atoms with Gasteiger partial charge in [0.2, 0.25) is 11.8 Å².